The van der Waals surface area contributed by atoms with Crippen molar-refractivity contribution in [2.75, 3.05) is 13.1 Å². The summed E-state index contributed by atoms with van der Waals surface area (Å²) in [4.78, 5) is 22.7. The predicted molar refractivity (Wildman–Crippen MR) is 102 cm³/mol. The Kier molecular flexibility index (Phi) is 4.34. The molecule has 3 aromatic rings. The Balaban J connectivity index is 1.31. The zero-order valence-electron chi connectivity index (χ0n) is 15.9. The maximum atomic E-state index is 13.4. The van der Waals surface area contributed by atoms with Gasteiger partial charge in [0.2, 0.25) is 5.82 Å². The van der Waals surface area contributed by atoms with Crippen LogP contribution >= 0.6 is 0 Å². The van der Waals surface area contributed by atoms with Gasteiger partial charge in [0.05, 0.1) is 5.56 Å². The van der Waals surface area contributed by atoms with Crippen molar-refractivity contribution in [2.45, 2.75) is 24.9 Å². The van der Waals surface area contributed by atoms with Crippen LogP contribution in [0.15, 0.2) is 36.7 Å². The summed E-state index contributed by atoms with van der Waals surface area (Å²) in [6.45, 7) is 0.999. The van der Waals surface area contributed by atoms with Crippen LogP contribution < -0.4 is 5.46 Å². The van der Waals surface area contributed by atoms with Crippen molar-refractivity contribution >= 4 is 25.0 Å². The largest absolute Gasteiger partial charge is 0.416 e. The first kappa shape index (κ1) is 19.1. The molecule has 6 nitrogen and oxygen atoms in total. The van der Waals surface area contributed by atoms with E-state index >= 15 is 0 Å². The molecule has 3 atom stereocenters. The van der Waals surface area contributed by atoms with Crippen LogP contribution in [-0.2, 0) is 6.18 Å². The number of rotatable bonds is 2. The summed E-state index contributed by atoms with van der Waals surface area (Å²) in [5, 5.41) is 4.16. The van der Waals surface area contributed by atoms with Crippen molar-refractivity contribution in [1.82, 2.24) is 24.5 Å². The zero-order valence-corrected chi connectivity index (χ0v) is 15.9. The summed E-state index contributed by atoms with van der Waals surface area (Å²) in [6.07, 6.45) is -0.107. The lowest BCUT2D eigenvalue weighted by Gasteiger charge is -2.21. The molecule has 152 valence electrons. The lowest BCUT2D eigenvalue weighted by molar-refractivity contribution is -0.138. The highest BCUT2D eigenvalue weighted by atomic mass is 19.4. The highest BCUT2D eigenvalue weighted by Gasteiger charge is 2.45. The molecule has 5 rings (SSSR count). The van der Waals surface area contributed by atoms with E-state index in [1.54, 1.807) is 17.0 Å². The van der Waals surface area contributed by atoms with Crippen LogP contribution in [-0.4, -0.2) is 51.3 Å². The number of likely N-dealkylation sites (tertiary alicyclic amines) is 1. The first-order valence-electron chi connectivity index (χ1n) is 9.73. The lowest BCUT2D eigenvalue weighted by atomic mass is 9.91. The quantitative estimate of drug-likeness (QED) is 0.607. The molecule has 2 unspecified atom stereocenters. The lowest BCUT2D eigenvalue weighted by Crippen LogP contribution is -2.30. The van der Waals surface area contributed by atoms with Gasteiger partial charge >= 0.3 is 6.18 Å². The Morgan fingerprint density at radius 3 is 2.53 bits per heavy atom. The van der Waals surface area contributed by atoms with Crippen molar-refractivity contribution < 1.29 is 18.0 Å². The van der Waals surface area contributed by atoms with E-state index < -0.39 is 11.7 Å². The summed E-state index contributed by atoms with van der Waals surface area (Å²) in [7, 11) is 5.67. The van der Waals surface area contributed by atoms with Crippen LogP contribution in [0.1, 0.15) is 40.5 Å². The van der Waals surface area contributed by atoms with Crippen molar-refractivity contribution in [3.05, 3.63) is 53.6 Å². The summed E-state index contributed by atoms with van der Waals surface area (Å²) in [5.41, 5.74) is 0.221. The zero-order chi connectivity index (χ0) is 21.0. The molecule has 1 aromatic carbocycles. The number of hydrogen-bond donors (Lipinski definition) is 0. The average molecular weight is 411 g/mol. The van der Waals surface area contributed by atoms with E-state index in [4.69, 9.17) is 7.85 Å². The van der Waals surface area contributed by atoms with Crippen molar-refractivity contribution in [1.29, 1.82) is 0 Å². The van der Waals surface area contributed by atoms with Crippen molar-refractivity contribution in [3.63, 3.8) is 0 Å². The molecule has 1 amide bonds. The first-order valence-corrected chi connectivity index (χ1v) is 9.73. The van der Waals surface area contributed by atoms with Gasteiger partial charge in [-0.2, -0.15) is 18.2 Å². The van der Waals surface area contributed by atoms with E-state index in [9.17, 15) is 18.0 Å². The smallest absolute Gasteiger partial charge is 0.335 e. The number of amides is 1. The molecule has 2 aromatic heterocycles. The van der Waals surface area contributed by atoms with E-state index in [0.29, 0.717) is 37.0 Å². The Morgan fingerprint density at radius 1 is 1.13 bits per heavy atom. The van der Waals surface area contributed by atoms with Crippen LogP contribution in [0.5, 0.6) is 0 Å². The highest BCUT2D eigenvalue weighted by Crippen LogP contribution is 2.48. The molecule has 2 fully saturated rings. The van der Waals surface area contributed by atoms with Crippen LogP contribution in [0.25, 0.3) is 5.78 Å². The number of alkyl halides is 3. The number of hydrogen-bond acceptors (Lipinski definition) is 4. The minimum atomic E-state index is -4.36. The SMILES string of the molecule is [B]c1cnc2nc(C(=O)N3CC4CC(c5ccccc5C(F)(F)F)C[C@@H]4C3)nn2c1. The van der Waals surface area contributed by atoms with E-state index in [1.165, 1.54) is 23.0 Å². The van der Waals surface area contributed by atoms with Gasteiger partial charge in [-0.3, -0.25) is 4.79 Å². The van der Waals surface area contributed by atoms with Gasteiger partial charge in [-0.1, -0.05) is 23.7 Å². The monoisotopic (exact) mass is 411 g/mol. The first-order chi connectivity index (χ1) is 14.3. The normalized spacial score (nSPS) is 23.8. The summed E-state index contributed by atoms with van der Waals surface area (Å²) in [5.74, 6) is 0.246. The van der Waals surface area contributed by atoms with Gasteiger partial charge in [0.25, 0.3) is 11.7 Å². The Bertz CT molecular complexity index is 1120. The summed E-state index contributed by atoms with van der Waals surface area (Å²) < 4.78 is 41.5. The predicted octanol–water partition coefficient (Wildman–Crippen LogP) is 2.20. The third kappa shape index (κ3) is 3.24. The van der Waals surface area contributed by atoms with Crippen molar-refractivity contribution in [2.24, 2.45) is 11.8 Å². The Morgan fingerprint density at radius 2 is 1.83 bits per heavy atom. The van der Waals surface area contributed by atoms with E-state index in [1.807, 2.05) is 0 Å². The third-order valence-electron chi connectivity index (χ3n) is 6.15. The number of aromatic nitrogens is 4. The fourth-order valence-corrected chi connectivity index (χ4v) is 4.86. The molecular formula is C20H17BF3N5O. The molecule has 30 heavy (non-hydrogen) atoms. The van der Waals surface area contributed by atoms with Gasteiger partial charge in [0, 0.05) is 25.5 Å². The second-order valence-electron chi connectivity index (χ2n) is 8.05. The fourth-order valence-electron chi connectivity index (χ4n) is 4.86. The van der Waals surface area contributed by atoms with Gasteiger partial charge in [0.15, 0.2) is 0 Å². The van der Waals surface area contributed by atoms with E-state index in [0.717, 1.165) is 6.07 Å². The number of carbonyl (C=O) groups is 1. The molecule has 0 spiro atoms. The molecule has 1 aliphatic carbocycles. The molecule has 10 heteroatoms. The van der Waals surface area contributed by atoms with Crippen LogP contribution in [0.3, 0.4) is 0 Å². The summed E-state index contributed by atoms with van der Waals surface area (Å²) >= 11 is 0. The minimum absolute atomic E-state index is 0.0482. The maximum absolute atomic E-state index is 13.4. The minimum Gasteiger partial charge on any atom is -0.335 e. The van der Waals surface area contributed by atoms with Crippen LogP contribution in [0.4, 0.5) is 13.2 Å². The Labute approximate surface area is 171 Å². The fraction of sp³-hybridized carbons (Fsp3) is 0.400. The number of halogens is 3. The molecule has 2 aliphatic rings. The topological polar surface area (TPSA) is 63.4 Å². The molecule has 1 aliphatic heterocycles. The van der Waals surface area contributed by atoms with Gasteiger partial charge < -0.3 is 4.90 Å². The van der Waals surface area contributed by atoms with Crippen molar-refractivity contribution in [3.8, 4) is 0 Å². The molecular weight excluding hydrogens is 394 g/mol. The number of fused-ring (bicyclic) bond motifs is 2. The number of carbonyl (C=O) groups excluding carboxylic acids is 1. The van der Waals surface area contributed by atoms with Gasteiger partial charge in [-0.05, 0) is 42.2 Å². The highest BCUT2D eigenvalue weighted by molar-refractivity contribution is 6.31. The van der Waals surface area contributed by atoms with Gasteiger partial charge in [-0.25, -0.2) is 9.50 Å². The molecule has 1 saturated carbocycles. The van der Waals surface area contributed by atoms with Gasteiger partial charge in [0.1, 0.15) is 7.85 Å². The maximum Gasteiger partial charge on any atom is 0.416 e. The number of benzene rings is 1. The van der Waals surface area contributed by atoms with E-state index in [-0.39, 0.29) is 35.3 Å². The van der Waals surface area contributed by atoms with E-state index in [2.05, 4.69) is 15.1 Å². The van der Waals surface area contributed by atoms with Gasteiger partial charge in [-0.15, -0.1) is 5.10 Å². The molecule has 3 heterocycles. The molecule has 2 radical (unpaired) electrons. The van der Waals surface area contributed by atoms with Crippen LogP contribution in [0, 0.1) is 11.8 Å². The molecule has 0 bridgehead atoms. The second kappa shape index (κ2) is 6.82. The number of nitrogens with zero attached hydrogens (tertiary/aromatic N) is 5. The summed E-state index contributed by atoms with van der Waals surface area (Å²) in [6, 6.07) is 5.81. The second-order valence-corrected chi connectivity index (χ2v) is 8.05. The molecule has 0 N–H and O–H groups in total. The van der Waals surface area contributed by atoms with Crippen LogP contribution in [0.2, 0.25) is 0 Å². The third-order valence-corrected chi connectivity index (χ3v) is 6.15. The standard InChI is InChI=1S/C20H17BF3N5O/c21-14-7-25-19-26-17(27-29(19)10-14)18(30)28-8-12-5-11(6-13(12)9-28)15-3-1-2-4-16(15)20(22,23)24/h1-4,7,10-13H,5-6,8-9H2/t11?,12-,13?/m1/s1. The average Bonchev–Trinajstić information content (AvgIpc) is 3.39. The molecule has 1 saturated heterocycles. The Hall–Kier alpha value is -2.91.